The van der Waals surface area contributed by atoms with Gasteiger partial charge in [-0.2, -0.15) is 4.67 Å². The first kappa shape index (κ1) is 8.15. The van der Waals surface area contributed by atoms with Crippen LogP contribution < -0.4 is 0 Å². The Bertz CT molecular complexity index is 95.5. The van der Waals surface area contributed by atoms with Gasteiger partial charge in [-0.25, -0.2) is 4.89 Å². The Morgan fingerprint density at radius 3 is 2.12 bits per heavy atom. The van der Waals surface area contributed by atoms with Crippen LogP contribution in [0.4, 0.5) is 0 Å². The van der Waals surface area contributed by atoms with Crippen LogP contribution >= 0.6 is 7.37 Å². The van der Waals surface area contributed by atoms with E-state index in [1.807, 2.05) is 0 Å². The van der Waals surface area contributed by atoms with Crippen molar-refractivity contribution < 1.29 is 14.1 Å². The van der Waals surface area contributed by atoms with Crippen LogP contribution in [0.3, 0.4) is 0 Å². The molecule has 0 heterocycles. The fourth-order valence-corrected chi connectivity index (χ4v) is 0.539. The maximum Gasteiger partial charge on any atom is 0.229 e. The summed E-state index contributed by atoms with van der Waals surface area (Å²) in [4.78, 5) is 4.43. The van der Waals surface area contributed by atoms with Crippen molar-refractivity contribution in [1.29, 1.82) is 0 Å². The van der Waals surface area contributed by atoms with Crippen molar-refractivity contribution in [2.24, 2.45) is 0 Å². The van der Waals surface area contributed by atoms with E-state index in [-0.39, 0.29) is 0 Å². The van der Waals surface area contributed by atoms with Gasteiger partial charge < -0.3 is 0 Å². The molecule has 0 atom stereocenters. The minimum atomic E-state index is -2.40. The molecule has 0 bridgehead atoms. The highest BCUT2D eigenvalue weighted by atomic mass is 31.2. The molecular weight excluding hydrogens is 127 g/mol. The third-order valence-electron chi connectivity index (χ3n) is 0.350. The van der Waals surface area contributed by atoms with Gasteiger partial charge >= 0.3 is 0 Å². The molecule has 0 aliphatic carbocycles. The monoisotopic (exact) mass is 138 g/mol. The van der Waals surface area contributed by atoms with Gasteiger partial charge in [0.1, 0.15) is 0 Å². The second-order valence-corrected chi connectivity index (χ2v) is 4.39. The summed E-state index contributed by atoms with van der Waals surface area (Å²) in [6.45, 7) is 5.21. The third kappa shape index (κ3) is 6.15. The first-order chi connectivity index (χ1) is 3.56. The minimum absolute atomic E-state index is 0.436. The Balaban J connectivity index is 3.26. The Morgan fingerprint density at radius 1 is 1.50 bits per heavy atom. The normalized spacial score (nSPS) is 11.9. The molecule has 50 valence electrons. The summed E-state index contributed by atoms with van der Waals surface area (Å²) in [5.74, 6) is 0. The zero-order valence-corrected chi connectivity index (χ0v) is 6.27. The van der Waals surface area contributed by atoms with E-state index in [4.69, 9.17) is 0 Å². The zero-order valence-electron chi connectivity index (χ0n) is 5.38. The first-order valence-electron chi connectivity index (χ1n) is 2.42. The molecule has 0 fully saturated rings. The molecule has 0 saturated heterocycles. The molecule has 0 spiro atoms. The maximum atomic E-state index is 10.6. The van der Waals surface area contributed by atoms with E-state index in [1.54, 1.807) is 6.92 Å². The maximum absolute atomic E-state index is 10.6. The van der Waals surface area contributed by atoms with Gasteiger partial charge in [-0.05, 0) is 6.92 Å². The van der Waals surface area contributed by atoms with E-state index in [0.717, 1.165) is 0 Å². The van der Waals surface area contributed by atoms with Crippen LogP contribution in [-0.4, -0.2) is 19.9 Å². The highest BCUT2D eigenvalue weighted by molar-refractivity contribution is 7.57. The van der Waals surface area contributed by atoms with Crippen LogP contribution in [0.25, 0.3) is 0 Å². The Kier molecular flexibility index (Phi) is 3.29. The molecule has 4 heteroatoms. The molecule has 0 aromatic carbocycles. The molecule has 0 aliphatic heterocycles. The van der Waals surface area contributed by atoms with Gasteiger partial charge in [0.15, 0.2) is 0 Å². The molecular formula is C4H11O3P. The van der Waals surface area contributed by atoms with E-state index >= 15 is 0 Å². The lowest BCUT2D eigenvalue weighted by molar-refractivity contribution is -0.199. The smallest absolute Gasteiger partial charge is 0.229 e. The van der Waals surface area contributed by atoms with Crippen LogP contribution in [-0.2, 0) is 14.1 Å². The zero-order chi connectivity index (χ0) is 6.62. The highest BCUT2D eigenvalue weighted by Crippen LogP contribution is 2.36. The average Bonchev–Trinajstić information content (AvgIpc) is 1.59. The SMILES string of the molecule is CCOOP(C)(C)=O. The van der Waals surface area contributed by atoms with Crippen molar-refractivity contribution in [3.8, 4) is 0 Å². The van der Waals surface area contributed by atoms with Gasteiger partial charge in [-0.3, -0.25) is 4.57 Å². The van der Waals surface area contributed by atoms with Gasteiger partial charge in [0.25, 0.3) is 0 Å². The van der Waals surface area contributed by atoms with Crippen molar-refractivity contribution in [3.05, 3.63) is 0 Å². The average molecular weight is 138 g/mol. The second kappa shape index (κ2) is 3.23. The summed E-state index contributed by atoms with van der Waals surface area (Å²) in [5.41, 5.74) is 0. The lowest BCUT2D eigenvalue weighted by Gasteiger charge is -2.03. The van der Waals surface area contributed by atoms with E-state index < -0.39 is 7.37 Å². The molecule has 0 rings (SSSR count). The van der Waals surface area contributed by atoms with E-state index in [2.05, 4.69) is 9.56 Å². The Labute approximate surface area is 49.4 Å². The summed E-state index contributed by atoms with van der Waals surface area (Å²) in [5, 5.41) is 0. The molecule has 0 radical (unpaired) electrons. The number of hydrogen-bond acceptors (Lipinski definition) is 3. The quantitative estimate of drug-likeness (QED) is 0.336. The molecule has 0 saturated carbocycles. The predicted molar refractivity (Wildman–Crippen MR) is 32.2 cm³/mol. The summed E-state index contributed by atoms with van der Waals surface area (Å²) < 4.78 is 15.1. The van der Waals surface area contributed by atoms with Crippen molar-refractivity contribution in [2.75, 3.05) is 19.9 Å². The van der Waals surface area contributed by atoms with Crippen LogP contribution in [0.2, 0.25) is 0 Å². The van der Waals surface area contributed by atoms with E-state index in [0.29, 0.717) is 6.61 Å². The fourth-order valence-electron chi connectivity index (χ4n) is 0.180. The van der Waals surface area contributed by atoms with Crippen LogP contribution in [0, 0.1) is 0 Å². The Hall–Kier alpha value is 0.150. The summed E-state index contributed by atoms with van der Waals surface area (Å²) in [6, 6.07) is 0. The van der Waals surface area contributed by atoms with Gasteiger partial charge in [-0.1, -0.05) is 0 Å². The second-order valence-electron chi connectivity index (χ2n) is 1.73. The van der Waals surface area contributed by atoms with Crippen molar-refractivity contribution >= 4 is 7.37 Å². The van der Waals surface area contributed by atoms with Crippen molar-refractivity contribution in [1.82, 2.24) is 0 Å². The van der Waals surface area contributed by atoms with Crippen molar-refractivity contribution in [2.45, 2.75) is 6.92 Å². The van der Waals surface area contributed by atoms with E-state index in [1.165, 1.54) is 13.3 Å². The van der Waals surface area contributed by atoms with Crippen LogP contribution in [0.15, 0.2) is 0 Å². The standard InChI is InChI=1S/C4H11O3P/c1-4-6-7-8(2,3)5/h4H2,1-3H3. The molecule has 8 heavy (non-hydrogen) atoms. The van der Waals surface area contributed by atoms with Gasteiger partial charge in [0.05, 0.1) is 6.61 Å². The summed E-state index contributed by atoms with van der Waals surface area (Å²) in [7, 11) is -2.40. The van der Waals surface area contributed by atoms with E-state index in [9.17, 15) is 4.57 Å². The van der Waals surface area contributed by atoms with Crippen LogP contribution in [0.5, 0.6) is 0 Å². The molecule has 0 amide bonds. The molecule has 0 aromatic rings. The molecule has 0 unspecified atom stereocenters. The topological polar surface area (TPSA) is 35.5 Å². The predicted octanol–water partition coefficient (Wildman–Crippen LogP) is 1.49. The molecule has 0 aromatic heterocycles. The highest BCUT2D eigenvalue weighted by Gasteiger charge is 2.05. The molecule has 3 nitrogen and oxygen atoms in total. The minimum Gasteiger partial charge on any atom is -0.291 e. The van der Waals surface area contributed by atoms with Gasteiger partial charge in [-0.15, -0.1) is 0 Å². The van der Waals surface area contributed by atoms with Crippen molar-refractivity contribution in [3.63, 3.8) is 0 Å². The number of hydrogen-bond donors (Lipinski definition) is 0. The lowest BCUT2D eigenvalue weighted by atomic mass is 10.9. The van der Waals surface area contributed by atoms with Crippen LogP contribution in [0.1, 0.15) is 6.92 Å². The largest absolute Gasteiger partial charge is 0.291 e. The lowest BCUT2D eigenvalue weighted by Crippen LogP contribution is -1.88. The molecule has 0 aliphatic rings. The van der Waals surface area contributed by atoms with Gasteiger partial charge in [0, 0.05) is 13.3 Å². The Morgan fingerprint density at radius 2 is 2.00 bits per heavy atom. The fraction of sp³-hybridized carbons (Fsp3) is 1.00. The summed E-state index contributed by atoms with van der Waals surface area (Å²) >= 11 is 0. The van der Waals surface area contributed by atoms with Gasteiger partial charge in [0.2, 0.25) is 7.37 Å². The number of rotatable bonds is 3. The summed E-state index contributed by atoms with van der Waals surface area (Å²) in [6.07, 6.45) is 0. The third-order valence-corrected chi connectivity index (χ3v) is 0.814. The first-order valence-corrected chi connectivity index (χ1v) is 4.94. The molecule has 0 N–H and O–H groups in total.